The Hall–Kier alpha value is -1.18. The second-order valence-electron chi connectivity index (χ2n) is 9.27. The number of carbonyl (C=O) groups is 2. The molecule has 1 saturated heterocycles. The Kier molecular flexibility index (Phi) is 11.3. The van der Waals surface area contributed by atoms with Crippen LogP contribution < -0.4 is 5.32 Å². The van der Waals surface area contributed by atoms with Crippen molar-refractivity contribution in [1.82, 2.24) is 15.1 Å². The first kappa shape index (κ1) is 26.9. The summed E-state index contributed by atoms with van der Waals surface area (Å²) in [5.74, 6) is 0.135. The van der Waals surface area contributed by atoms with Crippen molar-refractivity contribution >= 4 is 11.8 Å². The highest BCUT2D eigenvalue weighted by molar-refractivity contribution is 5.80. The molecule has 1 rings (SSSR count). The van der Waals surface area contributed by atoms with Crippen molar-refractivity contribution in [2.45, 2.75) is 90.6 Å². The number of nitrogens with zero attached hydrogens (tertiary/aromatic N) is 2. The number of likely N-dealkylation sites (N-methyl/N-ethyl adjacent to an activating group) is 1. The molecule has 2 amide bonds. The first-order valence-electron chi connectivity index (χ1n) is 11.4. The zero-order chi connectivity index (χ0) is 23.0. The highest BCUT2D eigenvalue weighted by atomic mass is 16.5. The Morgan fingerprint density at radius 2 is 1.77 bits per heavy atom. The molecule has 30 heavy (non-hydrogen) atoms. The molecular weight excluding hydrogens is 382 g/mol. The fourth-order valence-corrected chi connectivity index (χ4v) is 4.79. The molecule has 6 atom stereocenters. The van der Waals surface area contributed by atoms with Gasteiger partial charge in [0, 0.05) is 32.8 Å². The minimum absolute atomic E-state index is 0.0321. The second kappa shape index (κ2) is 12.6. The molecule has 0 radical (unpaired) electrons. The molecular formula is C23H45N3O4. The van der Waals surface area contributed by atoms with Gasteiger partial charge in [-0.05, 0) is 46.7 Å². The van der Waals surface area contributed by atoms with Gasteiger partial charge in [0.25, 0.3) is 0 Å². The average Bonchev–Trinajstić information content (AvgIpc) is 3.16. The summed E-state index contributed by atoms with van der Waals surface area (Å²) in [5.41, 5.74) is 0. The summed E-state index contributed by atoms with van der Waals surface area (Å²) in [7, 11) is 7.41. The Labute approximate surface area is 183 Å². The van der Waals surface area contributed by atoms with Crippen molar-refractivity contribution in [2.24, 2.45) is 11.8 Å². The van der Waals surface area contributed by atoms with Crippen LogP contribution in [0.4, 0.5) is 0 Å². The summed E-state index contributed by atoms with van der Waals surface area (Å²) >= 11 is 0. The molecule has 1 aliphatic rings. The topological polar surface area (TPSA) is 71.1 Å². The predicted octanol–water partition coefficient (Wildman–Crippen LogP) is 2.53. The number of likely N-dealkylation sites (tertiary alicyclic amines) is 1. The standard InChI is InChI=1S/C23H45N3O4/c1-10-16(4)21(25(6)7)19(29-8)14-20(27)26-13-11-12-18(26)22(30-9)17(5)23(28)24-15(2)3/h15-19,21-22H,10-14H2,1-9H3,(H,24,28). The SMILES string of the molecule is CCC(C)C(C(CC(=O)N1CCCC1C(OC)C(C)C(=O)NC(C)C)OC)N(C)C. The number of hydrogen-bond donors (Lipinski definition) is 1. The molecule has 176 valence electrons. The summed E-state index contributed by atoms with van der Waals surface area (Å²) in [4.78, 5) is 30.0. The van der Waals surface area contributed by atoms with Crippen LogP contribution in [0.5, 0.6) is 0 Å². The predicted molar refractivity (Wildman–Crippen MR) is 120 cm³/mol. The van der Waals surface area contributed by atoms with E-state index in [1.54, 1.807) is 14.2 Å². The van der Waals surface area contributed by atoms with Crippen LogP contribution in [0.1, 0.15) is 60.3 Å². The van der Waals surface area contributed by atoms with Gasteiger partial charge in [-0.25, -0.2) is 0 Å². The van der Waals surface area contributed by atoms with Gasteiger partial charge in [-0.3, -0.25) is 9.59 Å². The van der Waals surface area contributed by atoms with Crippen molar-refractivity contribution in [2.75, 3.05) is 34.9 Å². The average molecular weight is 428 g/mol. The molecule has 0 spiro atoms. The first-order chi connectivity index (χ1) is 14.1. The van der Waals surface area contributed by atoms with E-state index in [0.717, 1.165) is 19.3 Å². The van der Waals surface area contributed by atoms with Gasteiger partial charge in [0.15, 0.2) is 0 Å². The molecule has 1 N–H and O–H groups in total. The smallest absolute Gasteiger partial charge is 0.225 e. The summed E-state index contributed by atoms with van der Waals surface area (Å²) in [5, 5.41) is 2.96. The zero-order valence-corrected chi connectivity index (χ0v) is 20.6. The van der Waals surface area contributed by atoms with E-state index in [0.29, 0.717) is 18.9 Å². The van der Waals surface area contributed by atoms with Crippen molar-refractivity contribution in [1.29, 1.82) is 0 Å². The second-order valence-corrected chi connectivity index (χ2v) is 9.27. The summed E-state index contributed by atoms with van der Waals surface area (Å²) in [6.45, 7) is 10.8. The fourth-order valence-electron chi connectivity index (χ4n) is 4.79. The normalized spacial score (nSPS) is 22.1. The third-order valence-electron chi connectivity index (χ3n) is 6.49. The van der Waals surface area contributed by atoms with Crippen LogP contribution in [0.25, 0.3) is 0 Å². The van der Waals surface area contributed by atoms with Gasteiger partial charge in [0.2, 0.25) is 11.8 Å². The fraction of sp³-hybridized carbons (Fsp3) is 0.913. The number of hydrogen-bond acceptors (Lipinski definition) is 5. The molecule has 1 heterocycles. The Bertz CT molecular complexity index is 541. The third-order valence-corrected chi connectivity index (χ3v) is 6.49. The lowest BCUT2D eigenvalue weighted by atomic mass is 9.90. The maximum Gasteiger partial charge on any atom is 0.225 e. The van der Waals surface area contributed by atoms with Crippen molar-refractivity contribution in [3.05, 3.63) is 0 Å². The number of rotatable bonds is 12. The number of carbonyl (C=O) groups excluding carboxylic acids is 2. The van der Waals surface area contributed by atoms with Crippen LogP contribution >= 0.6 is 0 Å². The largest absolute Gasteiger partial charge is 0.379 e. The van der Waals surface area contributed by atoms with E-state index in [1.165, 1.54) is 0 Å². The van der Waals surface area contributed by atoms with Crippen LogP contribution in [0.3, 0.4) is 0 Å². The molecule has 0 aromatic carbocycles. The van der Waals surface area contributed by atoms with Gasteiger partial charge in [-0.15, -0.1) is 0 Å². The van der Waals surface area contributed by atoms with Crippen LogP contribution in [0, 0.1) is 11.8 Å². The minimum Gasteiger partial charge on any atom is -0.379 e. The van der Waals surface area contributed by atoms with Gasteiger partial charge in [-0.2, -0.15) is 0 Å². The molecule has 0 aromatic heterocycles. The quantitative estimate of drug-likeness (QED) is 0.518. The van der Waals surface area contributed by atoms with E-state index in [4.69, 9.17) is 9.47 Å². The van der Waals surface area contributed by atoms with Crippen molar-refractivity contribution in [3.63, 3.8) is 0 Å². The van der Waals surface area contributed by atoms with E-state index in [-0.39, 0.29) is 48.1 Å². The molecule has 0 aliphatic carbocycles. The molecule has 6 unspecified atom stereocenters. The van der Waals surface area contributed by atoms with Gasteiger partial charge >= 0.3 is 0 Å². The van der Waals surface area contributed by atoms with Crippen LogP contribution in [0.2, 0.25) is 0 Å². The Morgan fingerprint density at radius 3 is 2.23 bits per heavy atom. The number of nitrogens with one attached hydrogen (secondary N) is 1. The third kappa shape index (κ3) is 6.92. The molecule has 0 aromatic rings. The van der Waals surface area contributed by atoms with E-state index in [2.05, 4.69) is 24.1 Å². The first-order valence-corrected chi connectivity index (χ1v) is 11.4. The van der Waals surface area contributed by atoms with Gasteiger partial charge in [-0.1, -0.05) is 27.2 Å². The van der Waals surface area contributed by atoms with Gasteiger partial charge < -0.3 is 24.6 Å². The number of amides is 2. The van der Waals surface area contributed by atoms with Crippen LogP contribution in [-0.2, 0) is 19.1 Å². The maximum absolute atomic E-state index is 13.3. The van der Waals surface area contributed by atoms with E-state index < -0.39 is 0 Å². The van der Waals surface area contributed by atoms with Crippen molar-refractivity contribution < 1.29 is 19.1 Å². The Morgan fingerprint density at radius 1 is 1.13 bits per heavy atom. The summed E-state index contributed by atoms with van der Waals surface area (Å²) < 4.78 is 11.6. The highest BCUT2D eigenvalue weighted by Gasteiger charge is 2.41. The lowest BCUT2D eigenvalue weighted by Crippen LogP contribution is -2.52. The Balaban J connectivity index is 2.95. The van der Waals surface area contributed by atoms with E-state index in [9.17, 15) is 9.59 Å². The molecule has 1 aliphatic heterocycles. The van der Waals surface area contributed by atoms with Crippen LogP contribution in [0.15, 0.2) is 0 Å². The van der Waals surface area contributed by atoms with Gasteiger partial charge in [0.1, 0.15) is 0 Å². The minimum atomic E-state index is -0.330. The number of methoxy groups -OCH3 is 2. The molecule has 7 heteroatoms. The summed E-state index contributed by atoms with van der Waals surface area (Å²) in [6.07, 6.45) is 2.64. The maximum atomic E-state index is 13.3. The molecule has 1 fully saturated rings. The van der Waals surface area contributed by atoms with Crippen LogP contribution in [-0.4, -0.2) is 86.8 Å². The number of ether oxygens (including phenoxy) is 2. The van der Waals surface area contributed by atoms with E-state index >= 15 is 0 Å². The summed E-state index contributed by atoms with van der Waals surface area (Å²) in [6, 6.07) is 0.151. The lowest BCUT2D eigenvalue weighted by Gasteiger charge is -2.38. The molecule has 0 saturated carbocycles. The highest BCUT2D eigenvalue weighted by Crippen LogP contribution is 2.28. The zero-order valence-electron chi connectivity index (χ0n) is 20.6. The lowest BCUT2D eigenvalue weighted by molar-refractivity contribution is -0.143. The van der Waals surface area contributed by atoms with Gasteiger partial charge in [0.05, 0.1) is 30.6 Å². The van der Waals surface area contributed by atoms with Crippen molar-refractivity contribution in [3.8, 4) is 0 Å². The van der Waals surface area contributed by atoms with E-state index in [1.807, 2.05) is 39.8 Å². The molecule has 7 nitrogen and oxygen atoms in total. The molecule has 0 bridgehead atoms. The monoisotopic (exact) mass is 427 g/mol.